The van der Waals surface area contributed by atoms with Crippen LogP contribution in [-0.2, 0) is 0 Å². The summed E-state index contributed by atoms with van der Waals surface area (Å²) in [6.45, 7) is 3.04. The maximum Gasteiger partial charge on any atom is 0.253 e. The van der Waals surface area contributed by atoms with Gasteiger partial charge in [-0.3, -0.25) is 4.79 Å². The van der Waals surface area contributed by atoms with E-state index in [0.717, 1.165) is 35.9 Å². The summed E-state index contributed by atoms with van der Waals surface area (Å²) in [5.41, 5.74) is 3.01. The second-order valence-electron chi connectivity index (χ2n) is 4.79. The van der Waals surface area contributed by atoms with Gasteiger partial charge in [-0.15, -0.1) is 0 Å². The zero-order valence-electron chi connectivity index (χ0n) is 9.92. The van der Waals surface area contributed by atoms with E-state index >= 15 is 0 Å². The predicted molar refractivity (Wildman–Crippen MR) is 69.3 cm³/mol. The number of H-pyrrole nitrogens is 1. The highest BCUT2D eigenvalue weighted by atomic mass is 16.1. The molecular formula is C14H16N2O. The van der Waals surface area contributed by atoms with Crippen molar-refractivity contribution in [2.45, 2.75) is 25.8 Å². The van der Waals surface area contributed by atoms with Gasteiger partial charge in [0.1, 0.15) is 0 Å². The molecule has 1 saturated heterocycles. The lowest BCUT2D eigenvalue weighted by atomic mass is 10.0. The Morgan fingerprint density at radius 1 is 1.29 bits per heavy atom. The highest BCUT2D eigenvalue weighted by molar-refractivity contribution is 5.79. The van der Waals surface area contributed by atoms with Crippen LogP contribution in [0.15, 0.2) is 29.1 Å². The first-order valence-electron chi connectivity index (χ1n) is 6.11. The van der Waals surface area contributed by atoms with E-state index in [1.54, 1.807) is 0 Å². The zero-order valence-corrected chi connectivity index (χ0v) is 9.92. The van der Waals surface area contributed by atoms with Crippen LogP contribution in [0.3, 0.4) is 0 Å². The van der Waals surface area contributed by atoms with E-state index in [-0.39, 0.29) is 11.6 Å². The molecule has 88 valence electrons. The lowest BCUT2D eigenvalue weighted by Gasteiger charge is -2.10. The molecule has 0 radical (unpaired) electrons. The van der Waals surface area contributed by atoms with Crippen molar-refractivity contribution in [3.63, 3.8) is 0 Å². The van der Waals surface area contributed by atoms with Gasteiger partial charge >= 0.3 is 0 Å². The smallest absolute Gasteiger partial charge is 0.253 e. The molecule has 1 aromatic carbocycles. The molecule has 17 heavy (non-hydrogen) atoms. The van der Waals surface area contributed by atoms with Crippen molar-refractivity contribution in [3.05, 3.63) is 45.7 Å². The van der Waals surface area contributed by atoms with Gasteiger partial charge in [0.05, 0.1) is 0 Å². The zero-order chi connectivity index (χ0) is 11.8. The van der Waals surface area contributed by atoms with Crippen molar-refractivity contribution >= 4 is 10.9 Å². The highest BCUT2D eigenvalue weighted by Crippen LogP contribution is 2.22. The van der Waals surface area contributed by atoms with Crippen molar-refractivity contribution in [3.8, 4) is 0 Å². The van der Waals surface area contributed by atoms with Crippen LogP contribution in [-0.4, -0.2) is 11.5 Å². The minimum absolute atomic E-state index is 0.0440. The van der Waals surface area contributed by atoms with E-state index < -0.39 is 0 Å². The van der Waals surface area contributed by atoms with E-state index in [2.05, 4.69) is 22.4 Å². The monoisotopic (exact) mass is 228 g/mol. The number of pyridine rings is 1. The Balaban J connectivity index is 2.16. The first-order chi connectivity index (χ1) is 8.24. The number of aryl methyl sites for hydroxylation is 1. The fraction of sp³-hybridized carbons (Fsp3) is 0.357. The van der Waals surface area contributed by atoms with Gasteiger partial charge in [0.2, 0.25) is 0 Å². The van der Waals surface area contributed by atoms with Gasteiger partial charge in [-0.1, -0.05) is 12.1 Å². The lowest BCUT2D eigenvalue weighted by Crippen LogP contribution is -2.22. The standard InChI is InChI=1S/C14H16N2O/c1-9-4-5-10-8-11(12-3-2-6-15-12)14(17)16-13(10)7-9/h4-5,7-8,12,15H,2-3,6H2,1H3,(H,16,17). The third-order valence-corrected chi connectivity index (χ3v) is 3.47. The number of fused-ring (bicyclic) bond motifs is 1. The number of nitrogens with one attached hydrogen (secondary N) is 2. The van der Waals surface area contributed by atoms with Gasteiger partial charge in [-0.25, -0.2) is 0 Å². The molecule has 1 aliphatic rings. The van der Waals surface area contributed by atoms with Crippen LogP contribution < -0.4 is 10.9 Å². The molecule has 1 aliphatic heterocycles. The first kappa shape index (κ1) is 10.5. The summed E-state index contributed by atoms with van der Waals surface area (Å²) >= 11 is 0. The van der Waals surface area contributed by atoms with Crippen LogP contribution >= 0.6 is 0 Å². The molecule has 0 spiro atoms. The molecule has 2 N–H and O–H groups in total. The molecule has 3 rings (SSSR count). The van der Waals surface area contributed by atoms with Crippen LogP contribution in [0.25, 0.3) is 10.9 Å². The Kier molecular flexibility index (Phi) is 2.48. The maximum absolute atomic E-state index is 12.0. The predicted octanol–water partition coefficient (Wildman–Crippen LogP) is 2.26. The third kappa shape index (κ3) is 1.87. The fourth-order valence-corrected chi connectivity index (χ4v) is 2.54. The Morgan fingerprint density at radius 3 is 2.94 bits per heavy atom. The minimum atomic E-state index is 0.0440. The topological polar surface area (TPSA) is 44.9 Å². The van der Waals surface area contributed by atoms with E-state index in [1.807, 2.05) is 19.1 Å². The van der Waals surface area contributed by atoms with E-state index in [0.29, 0.717) is 0 Å². The Labute approximate surface area is 99.9 Å². The maximum atomic E-state index is 12.0. The Morgan fingerprint density at radius 2 is 2.18 bits per heavy atom. The third-order valence-electron chi connectivity index (χ3n) is 3.47. The highest BCUT2D eigenvalue weighted by Gasteiger charge is 2.19. The number of hydrogen-bond acceptors (Lipinski definition) is 2. The molecule has 3 heteroatoms. The summed E-state index contributed by atoms with van der Waals surface area (Å²) in [5, 5.41) is 4.48. The second kappa shape index (κ2) is 4.00. The van der Waals surface area contributed by atoms with Crippen molar-refractivity contribution < 1.29 is 0 Å². The Hall–Kier alpha value is -1.61. The molecule has 0 amide bonds. The van der Waals surface area contributed by atoms with Gasteiger partial charge in [0.25, 0.3) is 5.56 Å². The summed E-state index contributed by atoms with van der Waals surface area (Å²) in [7, 11) is 0. The second-order valence-corrected chi connectivity index (χ2v) is 4.79. The van der Waals surface area contributed by atoms with Crippen molar-refractivity contribution in [1.82, 2.24) is 10.3 Å². The molecule has 2 heterocycles. The van der Waals surface area contributed by atoms with Crippen molar-refractivity contribution in [2.75, 3.05) is 6.54 Å². The van der Waals surface area contributed by atoms with Crippen LogP contribution in [0.4, 0.5) is 0 Å². The quantitative estimate of drug-likeness (QED) is 0.786. The molecule has 1 fully saturated rings. The van der Waals surface area contributed by atoms with Crippen LogP contribution in [0.1, 0.15) is 30.0 Å². The summed E-state index contributed by atoms with van der Waals surface area (Å²) in [4.78, 5) is 15.0. The number of aromatic nitrogens is 1. The van der Waals surface area contributed by atoms with Crippen LogP contribution in [0.2, 0.25) is 0 Å². The van der Waals surface area contributed by atoms with Crippen LogP contribution in [0, 0.1) is 6.92 Å². The van der Waals surface area contributed by atoms with E-state index in [1.165, 1.54) is 5.56 Å². The number of aromatic amines is 1. The molecular weight excluding hydrogens is 212 g/mol. The molecule has 1 unspecified atom stereocenters. The molecule has 0 aliphatic carbocycles. The number of benzene rings is 1. The number of hydrogen-bond donors (Lipinski definition) is 2. The molecule has 0 saturated carbocycles. The fourth-order valence-electron chi connectivity index (χ4n) is 2.54. The largest absolute Gasteiger partial charge is 0.322 e. The summed E-state index contributed by atoms with van der Waals surface area (Å²) in [6.07, 6.45) is 2.20. The van der Waals surface area contributed by atoms with Gasteiger partial charge in [-0.2, -0.15) is 0 Å². The molecule has 1 aromatic heterocycles. The van der Waals surface area contributed by atoms with Crippen molar-refractivity contribution in [1.29, 1.82) is 0 Å². The van der Waals surface area contributed by atoms with Gasteiger partial charge in [0, 0.05) is 17.1 Å². The molecule has 0 bridgehead atoms. The summed E-state index contributed by atoms with van der Waals surface area (Å²) in [6, 6.07) is 8.41. The van der Waals surface area contributed by atoms with Gasteiger partial charge in [0.15, 0.2) is 0 Å². The van der Waals surface area contributed by atoms with Crippen molar-refractivity contribution in [2.24, 2.45) is 0 Å². The van der Waals surface area contributed by atoms with Crippen LogP contribution in [0.5, 0.6) is 0 Å². The lowest BCUT2D eigenvalue weighted by molar-refractivity contribution is 0.641. The summed E-state index contributed by atoms with van der Waals surface area (Å²) in [5.74, 6) is 0. The average molecular weight is 228 g/mol. The van der Waals surface area contributed by atoms with E-state index in [9.17, 15) is 4.79 Å². The normalized spacial score (nSPS) is 19.9. The first-order valence-corrected chi connectivity index (χ1v) is 6.11. The molecule has 2 aromatic rings. The molecule has 3 nitrogen and oxygen atoms in total. The minimum Gasteiger partial charge on any atom is -0.322 e. The Bertz CT molecular complexity index is 609. The number of rotatable bonds is 1. The molecule has 1 atom stereocenters. The van der Waals surface area contributed by atoms with E-state index in [4.69, 9.17) is 0 Å². The van der Waals surface area contributed by atoms with Gasteiger partial charge in [-0.05, 0) is 49.4 Å². The summed E-state index contributed by atoms with van der Waals surface area (Å²) < 4.78 is 0. The van der Waals surface area contributed by atoms with Gasteiger partial charge < -0.3 is 10.3 Å². The average Bonchev–Trinajstić information content (AvgIpc) is 2.81. The SMILES string of the molecule is Cc1ccc2cc(C3CCCN3)c(=O)[nH]c2c1.